The molecule has 0 atom stereocenters. The van der Waals surface area contributed by atoms with Gasteiger partial charge in [-0.3, -0.25) is 10.1 Å². The lowest BCUT2D eigenvalue weighted by Crippen LogP contribution is -1.86. The highest BCUT2D eigenvalue weighted by atomic mass is 16.6. The topological polar surface area (TPSA) is 107 Å². The highest BCUT2D eigenvalue weighted by Crippen LogP contribution is 2.17. The SMILES string of the molecule is CNc1nc(C=Cc2ccc([N+](=O)[O-])o2)no1. The van der Waals surface area contributed by atoms with Gasteiger partial charge in [-0.1, -0.05) is 5.16 Å². The van der Waals surface area contributed by atoms with Gasteiger partial charge >= 0.3 is 11.9 Å². The van der Waals surface area contributed by atoms with Crippen LogP contribution in [0, 0.1) is 10.1 Å². The molecule has 0 aromatic carbocycles. The summed E-state index contributed by atoms with van der Waals surface area (Å²) >= 11 is 0. The molecule has 2 aromatic rings. The third-order valence-electron chi connectivity index (χ3n) is 1.84. The summed E-state index contributed by atoms with van der Waals surface area (Å²) in [6, 6.07) is 3.04. The Labute approximate surface area is 95.1 Å². The third-order valence-corrected chi connectivity index (χ3v) is 1.84. The van der Waals surface area contributed by atoms with E-state index in [1.54, 1.807) is 7.05 Å². The summed E-state index contributed by atoms with van der Waals surface area (Å²) in [6.45, 7) is 0. The van der Waals surface area contributed by atoms with E-state index in [9.17, 15) is 10.1 Å². The van der Waals surface area contributed by atoms with E-state index in [-0.39, 0.29) is 11.9 Å². The zero-order valence-electron chi connectivity index (χ0n) is 8.78. The van der Waals surface area contributed by atoms with E-state index in [1.165, 1.54) is 24.3 Å². The van der Waals surface area contributed by atoms with Gasteiger partial charge in [0.15, 0.2) is 5.82 Å². The van der Waals surface area contributed by atoms with Crippen LogP contribution in [-0.2, 0) is 0 Å². The molecule has 0 radical (unpaired) electrons. The van der Waals surface area contributed by atoms with Gasteiger partial charge in [0.1, 0.15) is 10.7 Å². The van der Waals surface area contributed by atoms with E-state index in [0.717, 1.165) is 0 Å². The first kappa shape index (κ1) is 10.9. The minimum absolute atomic E-state index is 0.287. The minimum atomic E-state index is -0.606. The maximum atomic E-state index is 10.4. The molecule has 2 heterocycles. The van der Waals surface area contributed by atoms with Crippen LogP contribution in [0.4, 0.5) is 11.9 Å². The van der Waals surface area contributed by atoms with Crippen molar-refractivity contribution < 1.29 is 13.9 Å². The van der Waals surface area contributed by atoms with E-state index in [2.05, 4.69) is 15.5 Å². The van der Waals surface area contributed by atoms with Crippen molar-refractivity contribution >= 4 is 24.1 Å². The molecule has 0 saturated heterocycles. The van der Waals surface area contributed by atoms with Crippen LogP contribution < -0.4 is 5.32 Å². The first-order chi connectivity index (χ1) is 8.19. The largest absolute Gasteiger partial charge is 0.433 e. The Kier molecular flexibility index (Phi) is 2.86. The highest BCUT2D eigenvalue weighted by molar-refractivity contribution is 5.64. The Balaban J connectivity index is 2.11. The van der Waals surface area contributed by atoms with Gasteiger partial charge < -0.3 is 14.3 Å². The molecule has 0 saturated carbocycles. The molecule has 0 spiro atoms. The summed E-state index contributed by atoms with van der Waals surface area (Å²) in [7, 11) is 1.65. The number of aromatic nitrogens is 2. The van der Waals surface area contributed by atoms with Crippen LogP contribution in [0.5, 0.6) is 0 Å². The van der Waals surface area contributed by atoms with E-state index < -0.39 is 4.92 Å². The van der Waals surface area contributed by atoms with Crippen molar-refractivity contribution in [2.75, 3.05) is 12.4 Å². The molecule has 0 aliphatic heterocycles. The normalized spacial score (nSPS) is 10.9. The molecule has 0 bridgehead atoms. The standard InChI is InChI=1S/C9H8N4O4/c1-10-9-11-7(12-17-9)4-2-6-3-5-8(16-6)13(14)15/h2-5H,1H3,(H,10,11,12). The number of nitro groups is 1. The molecule has 0 unspecified atom stereocenters. The fraction of sp³-hybridized carbons (Fsp3) is 0.111. The molecule has 2 rings (SSSR count). The quantitative estimate of drug-likeness (QED) is 0.636. The summed E-state index contributed by atoms with van der Waals surface area (Å²) < 4.78 is 9.70. The molecule has 2 aromatic heterocycles. The van der Waals surface area contributed by atoms with Crippen LogP contribution in [0.25, 0.3) is 12.2 Å². The zero-order chi connectivity index (χ0) is 12.3. The lowest BCUT2D eigenvalue weighted by molar-refractivity contribution is -0.402. The van der Waals surface area contributed by atoms with E-state index in [4.69, 9.17) is 8.94 Å². The van der Waals surface area contributed by atoms with Gasteiger partial charge in [-0.05, 0) is 18.2 Å². The average Bonchev–Trinajstić information content (AvgIpc) is 2.95. The van der Waals surface area contributed by atoms with Crippen LogP contribution in [0.3, 0.4) is 0 Å². The first-order valence-corrected chi connectivity index (χ1v) is 4.63. The van der Waals surface area contributed by atoms with Gasteiger partial charge in [0.2, 0.25) is 0 Å². The molecular weight excluding hydrogens is 228 g/mol. The Morgan fingerprint density at radius 3 is 2.88 bits per heavy atom. The van der Waals surface area contributed by atoms with Gasteiger partial charge in [-0.25, -0.2) is 0 Å². The highest BCUT2D eigenvalue weighted by Gasteiger charge is 2.10. The summed E-state index contributed by atoms with van der Waals surface area (Å²) in [5, 5.41) is 16.7. The molecule has 1 N–H and O–H groups in total. The molecule has 0 amide bonds. The van der Waals surface area contributed by atoms with Crippen molar-refractivity contribution in [3.05, 3.63) is 33.8 Å². The Morgan fingerprint density at radius 2 is 2.29 bits per heavy atom. The third kappa shape index (κ3) is 2.48. The minimum Gasteiger partial charge on any atom is -0.401 e. The molecule has 88 valence electrons. The number of nitrogens with zero attached hydrogens (tertiary/aromatic N) is 3. The maximum absolute atomic E-state index is 10.4. The van der Waals surface area contributed by atoms with Crippen LogP contribution in [0.15, 0.2) is 21.1 Å². The van der Waals surface area contributed by atoms with Crippen molar-refractivity contribution in [3.63, 3.8) is 0 Å². The van der Waals surface area contributed by atoms with Crippen LogP contribution in [0.1, 0.15) is 11.6 Å². The molecule has 8 nitrogen and oxygen atoms in total. The predicted octanol–water partition coefficient (Wildman–Crippen LogP) is 1.78. The smallest absolute Gasteiger partial charge is 0.401 e. The van der Waals surface area contributed by atoms with E-state index in [0.29, 0.717) is 11.6 Å². The van der Waals surface area contributed by atoms with Gasteiger partial charge in [-0.15, -0.1) is 0 Å². The number of hydrogen-bond donors (Lipinski definition) is 1. The number of anilines is 1. The van der Waals surface area contributed by atoms with Crippen LogP contribution >= 0.6 is 0 Å². The predicted molar refractivity (Wildman–Crippen MR) is 58.1 cm³/mol. The Morgan fingerprint density at radius 1 is 1.47 bits per heavy atom. The molecule has 0 aliphatic rings. The van der Waals surface area contributed by atoms with Crippen molar-refractivity contribution in [2.24, 2.45) is 0 Å². The van der Waals surface area contributed by atoms with E-state index in [1.807, 2.05) is 0 Å². The monoisotopic (exact) mass is 236 g/mol. The number of rotatable bonds is 4. The molecule has 8 heteroatoms. The Bertz CT molecular complexity index is 557. The number of nitrogens with one attached hydrogen (secondary N) is 1. The summed E-state index contributed by atoms with van der Waals surface area (Å²) in [5.41, 5.74) is 0. The van der Waals surface area contributed by atoms with Gasteiger partial charge in [0, 0.05) is 7.05 Å². The lowest BCUT2D eigenvalue weighted by Gasteiger charge is -1.83. The average molecular weight is 236 g/mol. The lowest BCUT2D eigenvalue weighted by atomic mass is 10.4. The van der Waals surface area contributed by atoms with Crippen LogP contribution in [0.2, 0.25) is 0 Å². The summed E-state index contributed by atoms with van der Waals surface area (Å²) in [6.07, 6.45) is 3.03. The second-order valence-electron chi connectivity index (χ2n) is 2.97. The molecule has 0 fully saturated rings. The van der Waals surface area contributed by atoms with Gasteiger partial charge in [-0.2, -0.15) is 4.98 Å². The fourth-order valence-corrected chi connectivity index (χ4v) is 1.09. The number of hydrogen-bond acceptors (Lipinski definition) is 7. The maximum Gasteiger partial charge on any atom is 0.433 e. The van der Waals surface area contributed by atoms with Crippen molar-refractivity contribution in [3.8, 4) is 0 Å². The number of furan rings is 1. The van der Waals surface area contributed by atoms with Gasteiger partial charge in [0.05, 0.1) is 6.07 Å². The summed E-state index contributed by atoms with van der Waals surface area (Å²) in [4.78, 5) is 13.7. The molecule has 17 heavy (non-hydrogen) atoms. The van der Waals surface area contributed by atoms with Crippen molar-refractivity contribution in [1.29, 1.82) is 0 Å². The van der Waals surface area contributed by atoms with Crippen molar-refractivity contribution in [1.82, 2.24) is 10.1 Å². The Hall–Kier alpha value is -2.64. The van der Waals surface area contributed by atoms with E-state index >= 15 is 0 Å². The van der Waals surface area contributed by atoms with Gasteiger partial charge in [0.25, 0.3) is 0 Å². The second kappa shape index (κ2) is 4.47. The first-order valence-electron chi connectivity index (χ1n) is 4.63. The van der Waals surface area contributed by atoms with Crippen molar-refractivity contribution in [2.45, 2.75) is 0 Å². The fourth-order valence-electron chi connectivity index (χ4n) is 1.09. The van der Waals surface area contributed by atoms with Crippen LogP contribution in [-0.4, -0.2) is 22.1 Å². The molecular formula is C9H8N4O4. The second-order valence-corrected chi connectivity index (χ2v) is 2.97. The zero-order valence-corrected chi connectivity index (χ0v) is 8.78. The summed E-state index contributed by atoms with van der Waals surface area (Å²) in [5.74, 6) is 0.370. The molecule has 0 aliphatic carbocycles.